The summed E-state index contributed by atoms with van der Waals surface area (Å²) in [5, 5.41) is 0.403. The van der Waals surface area contributed by atoms with Gasteiger partial charge in [0.15, 0.2) is 5.43 Å². The van der Waals surface area contributed by atoms with Gasteiger partial charge < -0.3 is 4.98 Å². The Bertz CT molecular complexity index is 516. The maximum Gasteiger partial charge on any atom is 0.189 e. The number of aromatic amines is 1. The minimum absolute atomic E-state index is 0.156. The number of benzene rings is 1. The molecular weight excluding hydrogens is 169 g/mol. The van der Waals surface area contributed by atoms with Gasteiger partial charge in [-0.1, -0.05) is 0 Å². The highest BCUT2D eigenvalue weighted by Gasteiger charge is 2.03. The van der Waals surface area contributed by atoms with Gasteiger partial charge in [0.25, 0.3) is 0 Å². The van der Waals surface area contributed by atoms with Gasteiger partial charge in [0.05, 0.1) is 5.52 Å². The average Bonchev–Trinajstić information content (AvgIpc) is 2.07. The molecule has 0 bridgehead atoms. The minimum atomic E-state index is -0.382. The van der Waals surface area contributed by atoms with E-state index >= 15 is 0 Å². The number of pyridine rings is 1. The van der Waals surface area contributed by atoms with Crippen LogP contribution < -0.4 is 5.43 Å². The van der Waals surface area contributed by atoms with E-state index in [0.29, 0.717) is 5.39 Å². The molecule has 0 radical (unpaired) electrons. The third-order valence-electron chi connectivity index (χ3n) is 1.96. The Kier molecular flexibility index (Phi) is 1.65. The fourth-order valence-electron chi connectivity index (χ4n) is 1.37. The summed E-state index contributed by atoms with van der Waals surface area (Å²) in [6.07, 6.45) is 1.45. The van der Waals surface area contributed by atoms with Crippen molar-refractivity contribution < 1.29 is 4.39 Å². The zero-order valence-electron chi connectivity index (χ0n) is 7.10. The number of hydrogen-bond acceptors (Lipinski definition) is 1. The lowest BCUT2D eigenvalue weighted by molar-refractivity contribution is 0.635. The van der Waals surface area contributed by atoms with E-state index in [0.717, 1.165) is 5.56 Å². The van der Waals surface area contributed by atoms with Crippen molar-refractivity contribution in [1.82, 2.24) is 4.98 Å². The molecule has 0 fully saturated rings. The van der Waals surface area contributed by atoms with Crippen LogP contribution in [0.2, 0.25) is 0 Å². The number of fused-ring (bicyclic) bond motifs is 1. The monoisotopic (exact) mass is 177 g/mol. The molecular formula is C10H8FNO. The highest BCUT2D eigenvalue weighted by Crippen LogP contribution is 2.13. The van der Waals surface area contributed by atoms with Crippen LogP contribution in [-0.4, -0.2) is 4.98 Å². The van der Waals surface area contributed by atoms with Gasteiger partial charge in [0.2, 0.25) is 0 Å². The molecule has 0 aliphatic rings. The first-order valence-electron chi connectivity index (χ1n) is 3.96. The van der Waals surface area contributed by atoms with Crippen molar-refractivity contribution in [2.24, 2.45) is 0 Å². The molecule has 0 aliphatic heterocycles. The Hall–Kier alpha value is -1.64. The summed E-state index contributed by atoms with van der Waals surface area (Å²) < 4.78 is 13.3. The van der Waals surface area contributed by atoms with Crippen LogP contribution in [0.25, 0.3) is 10.9 Å². The van der Waals surface area contributed by atoms with Crippen molar-refractivity contribution in [3.05, 3.63) is 46.0 Å². The van der Waals surface area contributed by atoms with Gasteiger partial charge in [-0.05, 0) is 24.6 Å². The largest absolute Gasteiger partial charge is 0.359 e. The summed E-state index contributed by atoms with van der Waals surface area (Å²) >= 11 is 0. The van der Waals surface area contributed by atoms with Crippen molar-refractivity contribution in [2.75, 3.05) is 0 Å². The first kappa shape index (κ1) is 7.98. The molecule has 2 rings (SSSR count). The molecule has 1 heterocycles. The topological polar surface area (TPSA) is 32.9 Å². The van der Waals surface area contributed by atoms with Crippen LogP contribution in [0.5, 0.6) is 0 Å². The van der Waals surface area contributed by atoms with E-state index in [-0.39, 0.29) is 16.8 Å². The summed E-state index contributed by atoms with van der Waals surface area (Å²) in [4.78, 5) is 14.0. The highest BCUT2D eigenvalue weighted by molar-refractivity contribution is 5.79. The Morgan fingerprint density at radius 2 is 2.15 bits per heavy atom. The van der Waals surface area contributed by atoms with Crippen molar-refractivity contribution in [2.45, 2.75) is 6.92 Å². The standard InChI is InChI=1S/C10H8FNO/c1-6-4-7-9(13)2-3-12-10(7)8(11)5-6/h2-5H,1H3,(H,12,13). The Morgan fingerprint density at radius 3 is 2.92 bits per heavy atom. The molecule has 3 heteroatoms. The van der Waals surface area contributed by atoms with Crippen LogP contribution >= 0.6 is 0 Å². The molecule has 0 saturated carbocycles. The number of aromatic nitrogens is 1. The van der Waals surface area contributed by atoms with Crippen molar-refractivity contribution >= 4 is 10.9 Å². The van der Waals surface area contributed by atoms with Crippen LogP contribution in [0.1, 0.15) is 5.56 Å². The number of halogens is 1. The van der Waals surface area contributed by atoms with Gasteiger partial charge in [-0.15, -0.1) is 0 Å². The molecule has 66 valence electrons. The minimum Gasteiger partial charge on any atom is -0.359 e. The third-order valence-corrected chi connectivity index (χ3v) is 1.96. The van der Waals surface area contributed by atoms with Crippen LogP contribution in [0.3, 0.4) is 0 Å². The number of nitrogens with one attached hydrogen (secondary N) is 1. The smallest absolute Gasteiger partial charge is 0.189 e. The Labute approximate surface area is 74.0 Å². The first-order valence-corrected chi connectivity index (χ1v) is 3.96. The second kappa shape index (κ2) is 2.69. The normalized spacial score (nSPS) is 10.6. The second-order valence-corrected chi connectivity index (χ2v) is 3.01. The molecule has 0 unspecified atom stereocenters. The second-order valence-electron chi connectivity index (χ2n) is 3.01. The number of hydrogen-bond donors (Lipinski definition) is 1. The summed E-state index contributed by atoms with van der Waals surface area (Å²) in [7, 11) is 0. The summed E-state index contributed by atoms with van der Waals surface area (Å²) in [6, 6.07) is 4.47. The van der Waals surface area contributed by atoms with E-state index in [4.69, 9.17) is 0 Å². The van der Waals surface area contributed by atoms with Crippen molar-refractivity contribution in [3.63, 3.8) is 0 Å². The molecule has 13 heavy (non-hydrogen) atoms. The van der Waals surface area contributed by atoms with Gasteiger partial charge in [-0.25, -0.2) is 4.39 Å². The van der Waals surface area contributed by atoms with Crippen LogP contribution in [-0.2, 0) is 0 Å². The maximum atomic E-state index is 13.3. The van der Waals surface area contributed by atoms with E-state index in [1.807, 2.05) is 0 Å². The van der Waals surface area contributed by atoms with Crippen molar-refractivity contribution in [1.29, 1.82) is 0 Å². The number of rotatable bonds is 0. The van der Waals surface area contributed by atoms with Gasteiger partial charge in [-0.3, -0.25) is 4.79 Å². The molecule has 2 aromatic rings. The SMILES string of the molecule is Cc1cc(F)c2[nH]ccc(=O)c2c1. The zero-order valence-corrected chi connectivity index (χ0v) is 7.10. The zero-order chi connectivity index (χ0) is 9.42. The lowest BCUT2D eigenvalue weighted by Gasteiger charge is -1.99. The molecule has 1 aromatic heterocycles. The lowest BCUT2D eigenvalue weighted by Crippen LogP contribution is -2.01. The summed E-state index contributed by atoms with van der Waals surface area (Å²) in [5.74, 6) is -0.382. The van der Waals surface area contributed by atoms with E-state index in [9.17, 15) is 9.18 Å². The molecule has 0 saturated heterocycles. The van der Waals surface area contributed by atoms with E-state index in [1.165, 1.54) is 18.3 Å². The molecule has 0 spiro atoms. The van der Waals surface area contributed by atoms with Gasteiger partial charge in [-0.2, -0.15) is 0 Å². The predicted molar refractivity (Wildman–Crippen MR) is 49.3 cm³/mol. The van der Waals surface area contributed by atoms with Crippen LogP contribution in [0.15, 0.2) is 29.2 Å². The molecule has 1 aromatic carbocycles. The molecule has 0 atom stereocenters. The summed E-state index contributed by atoms with van der Waals surface area (Å²) in [6.45, 7) is 1.76. The fraction of sp³-hybridized carbons (Fsp3) is 0.100. The Balaban J connectivity index is 3.03. The number of H-pyrrole nitrogens is 1. The lowest BCUT2D eigenvalue weighted by atomic mass is 10.1. The molecule has 0 amide bonds. The van der Waals surface area contributed by atoms with Crippen LogP contribution in [0.4, 0.5) is 4.39 Å². The predicted octanol–water partition coefficient (Wildman–Crippen LogP) is 1.98. The quantitative estimate of drug-likeness (QED) is 0.655. The molecule has 2 nitrogen and oxygen atoms in total. The van der Waals surface area contributed by atoms with Crippen molar-refractivity contribution in [3.8, 4) is 0 Å². The van der Waals surface area contributed by atoms with Crippen LogP contribution in [0, 0.1) is 12.7 Å². The van der Waals surface area contributed by atoms with E-state index in [1.54, 1.807) is 13.0 Å². The van der Waals surface area contributed by atoms with Gasteiger partial charge >= 0.3 is 0 Å². The summed E-state index contributed by atoms with van der Waals surface area (Å²) in [5.41, 5.74) is 0.871. The van der Waals surface area contributed by atoms with Gasteiger partial charge in [0, 0.05) is 17.6 Å². The van der Waals surface area contributed by atoms with E-state index < -0.39 is 0 Å². The molecule has 0 aliphatic carbocycles. The molecule has 1 N–H and O–H groups in total. The maximum absolute atomic E-state index is 13.3. The Morgan fingerprint density at radius 1 is 1.38 bits per heavy atom. The third kappa shape index (κ3) is 1.22. The van der Waals surface area contributed by atoms with Gasteiger partial charge in [0.1, 0.15) is 5.82 Å². The first-order chi connectivity index (χ1) is 6.18. The fourth-order valence-corrected chi connectivity index (χ4v) is 1.37. The highest BCUT2D eigenvalue weighted by atomic mass is 19.1. The number of aryl methyl sites for hydroxylation is 1. The van der Waals surface area contributed by atoms with E-state index in [2.05, 4.69) is 4.98 Å². The average molecular weight is 177 g/mol.